The first-order chi connectivity index (χ1) is 9.49. The summed E-state index contributed by atoms with van der Waals surface area (Å²) in [4.78, 5) is 23.4. The van der Waals surface area contributed by atoms with Gasteiger partial charge in [0.1, 0.15) is 0 Å². The molecule has 0 spiro atoms. The Labute approximate surface area is 133 Å². The molecule has 0 aliphatic heterocycles. The Balaban J connectivity index is 2.45. The van der Waals surface area contributed by atoms with E-state index >= 15 is 0 Å². The molecule has 0 radical (unpaired) electrons. The Hall–Kier alpha value is -1.54. The van der Waals surface area contributed by atoms with Crippen LogP contribution in [0, 0.1) is 3.57 Å². The minimum atomic E-state index is -1.03. The second-order valence-corrected chi connectivity index (χ2v) is 6.18. The van der Waals surface area contributed by atoms with Crippen molar-refractivity contribution >= 4 is 46.3 Å². The van der Waals surface area contributed by atoms with Gasteiger partial charge in [-0.15, -0.1) is 0 Å². The van der Waals surface area contributed by atoms with Gasteiger partial charge in [-0.1, -0.05) is 23.9 Å². The molecular formula is C14H9IO4S. The van der Waals surface area contributed by atoms with Crippen LogP contribution in [0.1, 0.15) is 20.7 Å². The van der Waals surface area contributed by atoms with Crippen LogP contribution in [0.15, 0.2) is 52.3 Å². The number of hydrogen-bond acceptors (Lipinski definition) is 3. The number of aromatic carboxylic acids is 2. The second-order valence-electron chi connectivity index (χ2n) is 3.85. The highest BCUT2D eigenvalue weighted by Gasteiger charge is 2.15. The molecule has 102 valence electrons. The lowest BCUT2D eigenvalue weighted by Gasteiger charge is -2.08. The fourth-order valence-corrected chi connectivity index (χ4v) is 3.14. The first kappa shape index (κ1) is 14.9. The summed E-state index contributed by atoms with van der Waals surface area (Å²) in [5.74, 6) is -2.06. The summed E-state index contributed by atoms with van der Waals surface area (Å²) in [6.45, 7) is 0. The maximum atomic E-state index is 11.3. The molecule has 0 bridgehead atoms. The standard InChI is InChI=1S/C14H9IO4S/c15-8-5-6-12(10(7-8)14(18)19)20-11-4-2-1-3-9(11)13(16)17/h1-7H,(H,16,17)(H,18,19). The van der Waals surface area contributed by atoms with Gasteiger partial charge in [0, 0.05) is 13.4 Å². The van der Waals surface area contributed by atoms with Gasteiger partial charge in [0.2, 0.25) is 0 Å². The van der Waals surface area contributed by atoms with Crippen molar-refractivity contribution in [2.24, 2.45) is 0 Å². The Morgan fingerprint density at radius 2 is 1.50 bits per heavy atom. The average Bonchev–Trinajstić information content (AvgIpc) is 2.41. The van der Waals surface area contributed by atoms with Gasteiger partial charge >= 0.3 is 11.9 Å². The van der Waals surface area contributed by atoms with Gasteiger partial charge in [0.05, 0.1) is 11.1 Å². The molecule has 0 saturated carbocycles. The number of halogens is 1. The minimum Gasteiger partial charge on any atom is -0.478 e. The SMILES string of the molecule is O=C(O)c1ccccc1Sc1ccc(I)cc1C(=O)O. The Kier molecular flexibility index (Phi) is 4.66. The van der Waals surface area contributed by atoms with Crippen molar-refractivity contribution in [1.82, 2.24) is 0 Å². The lowest BCUT2D eigenvalue weighted by atomic mass is 10.2. The van der Waals surface area contributed by atoms with Crippen LogP contribution in [0.25, 0.3) is 0 Å². The zero-order valence-electron chi connectivity index (χ0n) is 10.0. The number of rotatable bonds is 4. The van der Waals surface area contributed by atoms with E-state index in [1.54, 1.807) is 36.4 Å². The molecule has 2 aromatic carbocycles. The average molecular weight is 400 g/mol. The number of carboxylic acid groups (broad SMARTS) is 2. The summed E-state index contributed by atoms with van der Waals surface area (Å²) < 4.78 is 0.816. The highest BCUT2D eigenvalue weighted by atomic mass is 127. The van der Waals surface area contributed by atoms with Crippen molar-refractivity contribution in [1.29, 1.82) is 0 Å². The Morgan fingerprint density at radius 1 is 0.900 bits per heavy atom. The van der Waals surface area contributed by atoms with E-state index in [4.69, 9.17) is 5.11 Å². The maximum absolute atomic E-state index is 11.3. The molecule has 0 fully saturated rings. The third-order valence-electron chi connectivity index (χ3n) is 2.51. The summed E-state index contributed by atoms with van der Waals surface area (Å²) >= 11 is 3.18. The van der Waals surface area contributed by atoms with Gasteiger partial charge in [-0.25, -0.2) is 9.59 Å². The molecule has 20 heavy (non-hydrogen) atoms. The Bertz CT molecular complexity index is 685. The van der Waals surface area contributed by atoms with Crippen LogP contribution in [0.3, 0.4) is 0 Å². The molecule has 0 saturated heterocycles. The topological polar surface area (TPSA) is 74.6 Å². The Morgan fingerprint density at radius 3 is 2.15 bits per heavy atom. The molecule has 0 heterocycles. The van der Waals surface area contributed by atoms with Gasteiger partial charge in [-0.05, 0) is 52.9 Å². The molecule has 0 unspecified atom stereocenters. The lowest BCUT2D eigenvalue weighted by molar-refractivity contribution is 0.0683. The minimum absolute atomic E-state index is 0.160. The van der Waals surface area contributed by atoms with E-state index < -0.39 is 11.9 Å². The fraction of sp³-hybridized carbons (Fsp3) is 0. The molecule has 0 amide bonds. The van der Waals surface area contributed by atoms with Crippen molar-refractivity contribution in [3.05, 3.63) is 57.2 Å². The van der Waals surface area contributed by atoms with Crippen molar-refractivity contribution in [3.63, 3.8) is 0 Å². The molecule has 4 nitrogen and oxygen atoms in total. The van der Waals surface area contributed by atoms with E-state index in [9.17, 15) is 14.7 Å². The predicted molar refractivity (Wildman–Crippen MR) is 83.6 cm³/mol. The highest BCUT2D eigenvalue weighted by molar-refractivity contribution is 14.1. The molecule has 0 aliphatic carbocycles. The van der Waals surface area contributed by atoms with Gasteiger partial charge in [0.25, 0.3) is 0 Å². The molecule has 2 rings (SSSR count). The lowest BCUT2D eigenvalue weighted by Crippen LogP contribution is -2.01. The number of carboxylic acids is 2. The van der Waals surface area contributed by atoms with Crippen LogP contribution in [-0.4, -0.2) is 22.2 Å². The van der Waals surface area contributed by atoms with Crippen LogP contribution in [-0.2, 0) is 0 Å². The third-order valence-corrected chi connectivity index (χ3v) is 4.33. The van der Waals surface area contributed by atoms with Gasteiger partial charge in [-0.3, -0.25) is 0 Å². The first-order valence-corrected chi connectivity index (χ1v) is 7.41. The number of hydrogen-bond donors (Lipinski definition) is 2. The quantitative estimate of drug-likeness (QED) is 0.763. The summed E-state index contributed by atoms with van der Waals surface area (Å²) in [5, 5.41) is 18.3. The van der Waals surface area contributed by atoms with Crippen LogP contribution in [0.5, 0.6) is 0 Å². The van der Waals surface area contributed by atoms with Crippen LogP contribution in [0.2, 0.25) is 0 Å². The normalized spacial score (nSPS) is 10.2. The highest BCUT2D eigenvalue weighted by Crippen LogP contribution is 2.33. The van der Waals surface area contributed by atoms with Crippen molar-refractivity contribution in [2.45, 2.75) is 9.79 Å². The monoisotopic (exact) mass is 400 g/mol. The molecular weight excluding hydrogens is 391 g/mol. The molecule has 0 aliphatic rings. The van der Waals surface area contributed by atoms with E-state index in [2.05, 4.69) is 0 Å². The molecule has 0 atom stereocenters. The van der Waals surface area contributed by atoms with E-state index in [1.807, 2.05) is 22.6 Å². The van der Waals surface area contributed by atoms with E-state index in [0.29, 0.717) is 9.79 Å². The van der Waals surface area contributed by atoms with Crippen LogP contribution >= 0.6 is 34.4 Å². The zero-order chi connectivity index (χ0) is 14.7. The van der Waals surface area contributed by atoms with E-state index in [-0.39, 0.29) is 11.1 Å². The molecule has 6 heteroatoms. The first-order valence-electron chi connectivity index (χ1n) is 5.52. The van der Waals surface area contributed by atoms with Crippen molar-refractivity contribution < 1.29 is 19.8 Å². The fourth-order valence-electron chi connectivity index (χ4n) is 1.61. The molecule has 0 aromatic heterocycles. The second kappa shape index (κ2) is 6.27. The largest absolute Gasteiger partial charge is 0.478 e. The smallest absolute Gasteiger partial charge is 0.336 e. The van der Waals surface area contributed by atoms with E-state index in [0.717, 1.165) is 15.3 Å². The zero-order valence-corrected chi connectivity index (χ0v) is 13.0. The third kappa shape index (κ3) is 3.31. The van der Waals surface area contributed by atoms with Crippen molar-refractivity contribution in [2.75, 3.05) is 0 Å². The van der Waals surface area contributed by atoms with Gasteiger partial charge in [-0.2, -0.15) is 0 Å². The summed E-state index contributed by atoms with van der Waals surface area (Å²) in [6.07, 6.45) is 0. The summed E-state index contributed by atoms with van der Waals surface area (Å²) in [5.41, 5.74) is 0.328. The van der Waals surface area contributed by atoms with Gasteiger partial charge in [0.15, 0.2) is 0 Å². The van der Waals surface area contributed by atoms with Crippen LogP contribution in [0.4, 0.5) is 0 Å². The van der Waals surface area contributed by atoms with E-state index in [1.165, 1.54) is 6.07 Å². The summed E-state index contributed by atoms with van der Waals surface area (Å²) in [6, 6.07) is 11.6. The maximum Gasteiger partial charge on any atom is 0.336 e. The van der Waals surface area contributed by atoms with Crippen LogP contribution < -0.4 is 0 Å². The summed E-state index contributed by atoms with van der Waals surface area (Å²) in [7, 11) is 0. The molecule has 2 aromatic rings. The molecule has 2 N–H and O–H groups in total. The number of carbonyl (C=O) groups is 2. The van der Waals surface area contributed by atoms with Gasteiger partial charge < -0.3 is 10.2 Å². The number of benzene rings is 2. The van der Waals surface area contributed by atoms with Crippen molar-refractivity contribution in [3.8, 4) is 0 Å². The predicted octanol–water partition coefficient (Wildman–Crippen LogP) is 3.84.